The van der Waals surface area contributed by atoms with Gasteiger partial charge >= 0.3 is 12.1 Å². The van der Waals surface area contributed by atoms with Crippen LogP contribution in [0.2, 0.25) is 0 Å². The van der Waals surface area contributed by atoms with E-state index < -0.39 is 12.3 Å². The summed E-state index contributed by atoms with van der Waals surface area (Å²) in [5.74, 6) is -0.653. The summed E-state index contributed by atoms with van der Waals surface area (Å²) in [6.07, 6.45) is -0.905. The van der Waals surface area contributed by atoms with Gasteiger partial charge in [-0.25, -0.2) is 4.79 Å². The molecule has 2 aromatic carbocycles. The van der Waals surface area contributed by atoms with Crippen LogP contribution in [0.3, 0.4) is 0 Å². The van der Waals surface area contributed by atoms with Crippen molar-refractivity contribution in [1.82, 2.24) is 24.2 Å². The summed E-state index contributed by atoms with van der Waals surface area (Å²) in [6.45, 7) is 2.35. The zero-order valence-electron chi connectivity index (χ0n) is 17.6. The second-order valence-electron chi connectivity index (χ2n) is 8.20. The molecule has 1 fully saturated rings. The maximum atomic E-state index is 13.4. The van der Waals surface area contributed by atoms with Crippen molar-refractivity contribution in [2.75, 3.05) is 20.1 Å². The van der Waals surface area contributed by atoms with Crippen LogP contribution >= 0.6 is 0 Å². The Morgan fingerprint density at radius 2 is 1.72 bits per heavy atom. The molecule has 1 aliphatic heterocycles. The number of hydrogen-bond donors (Lipinski definition) is 0. The predicted octanol–water partition coefficient (Wildman–Crippen LogP) is 4.11. The van der Waals surface area contributed by atoms with Crippen LogP contribution in [0.5, 0.6) is 0 Å². The lowest BCUT2D eigenvalue weighted by Gasteiger charge is -2.29. The van der Waals surface area contributed by atoms with Gasteiger partial charge in [-0.1, -0.05) is 24.3 Å². The summed E-state index contributed by atoms with van der Waals surface area (Å²) in [6, 6.07) is 15.2. The molecular formula is C23H23F2N5O2. The lowest BCUT2D eigenvalue weighted by atomic mass is 10.1. The minimum atomic E-state index is -2.80. The average molecular weight is 439 g/mol. The van der Waals surface area contributed by atoms with Crippen LogP contribution in [-0.2, 0) is 6.54 Å². The molecule has 4 aromatic rings. The Bertz CT molecular complexity index is 1280. The van der Waals surface area contributed by atoms with Gasteiger partial charge in [0.2, 0.25) is 5.89 Å². The van der Waals surface area contributed by atoms with Crippen LogP contribution in [0.4, 0.5) is 8.78 Å². The van der Waals surface area contributed by atoms with Gasteiger partial charge in [0, 0.05) is 11.6 Å². The van der Waals surface area contributed by atoms with E-state index in [0.29, 0.717) is 12.1 Å². The fourth-order valence-corrected chi connectivity index (χ4v) is 4.37. The Balaban J connectivity index is 1.45. The van der Waals surface area contributed by atoms with E-state index in [1.54, 1.807) is 16.7 Å². The van der Waals surface area contributed by atoms with Gasteiger partial charge in [0.05, 0.1) is 17.6 Å². The second-order valence-corrected chi connectivity index (χ2v) is 8.20. The van der Waals surface area contributed by atoms with E-state index in [4.69, 9.17) is 4.42 Å². The number of piperidine rings is 1. The number of nitrogens with zero attached hydrogens (tertiary/aromatic N) is 5. The number of fused-ring (bicyclic) bond motifs is 1. The van der Waals surface area contributed by atoms with Crippen LogP contribution < -0.4 is 5.69 Å². The Hall–Kier alpha value is -3.33. The fraction of sp³-hybridized carbons (Fsp3) is 0.348. The normalized spacial score (nSPS) is 15.8. The van der Waals surface area contributed by atoms with Crippen LogP contribution in [0.1, 0.15) is 36.8 Å². The molecule has 1 saturated heterocycles. The molecule has 0 radical (unpaired) electrons. The number of hydrogen-bond acceptors (Lipinski definition) is 5. The van der Waals surface area contributed by atoms with Gasteiger partial charge < -0.3 is 9.32 Å². The second kappa shape index (κ2) is 8.31. The van der Waals surface area contributed by atoms with E-state index in [1.807, 2.05) is 41.0 Å². The Labute approximate surface area is 182 Å². The first-order valence-electron chi connectivity index (χ1n) is 10.6. The number of para-hydroxylation sites is 2. The number of benzene rings is 2. The molecule has 166 valence electrons. The van der Waals surface area contributed by atoms with Gasteiger partial charge in [-0.3, -0.25) is 9.13 Å². The van der Waals surface area contributed by atoms with E-state index in [9.17, 15) is 13.6 Å². The Morgan fingerprint density at radius 1 is 1.03 bits per heavy atom. The number of rotatable bonds is 5. The van der Waals surface area contributed by atoms with Crippen molar-refractivity contribution in [3.63, 3.8) is 0 Å². The fourth-order valence-electron chi connectivity index (χ4n) is 4.37. The highest BCUT2D eigenvalue weighted by Crippen LogP contribution is 2.26. The van der Waals surface area contributed by atoms with Gasteiger partial charge in [-0.05, 0) is 62.8 Å². The highest BCUT2D eigenvalue weighted by atomic mass is 19.3. The van der Waals surface area contributed by atoms with E-state index in [1.165, 1.54) is 0 Å². The minimum absolute atomic E-state index is 0.0108. The molecule has 32 heavy (non-hydrogen) atoms. The highest BCUT2D eigenvalue weighted by molar-refractivity contribution is 5.76. The third-order valence-corrected chi connectivity index (χ3v) is 6.09. The summed E-state index contributed by atoms with van der Waals surface area (Å²) in [7, 11) is 2.11. The molecule has 1 aliphatic rings. The largest absolute Gasteiger partial charge is 0.415 e. The average Bonchev–Trinajstić information content (AvgIpc) is 3.40. The predicted molar refractivity (Wildman–Crippen MR) is 116 cm³/mol. The summed E-state index contributed by atoms with van der Waals surface area (Å²) >= 11 is 0. The molecular weight excluding hydrogens is 416 g/mol. The summed E-state index contributed by atoms with van der Waals surface area (Å²) in [5, 5.41) is 7.04. The highest BCUT2D eigenvalue weighted by Gasteiger charge is 2.24. The van der Waals surface area contributed by atoms with Crippen molar-refractivity contribution in [2.24, 2.45) is 0 Å². The molecule has 0 spiro atoms. The van der Waals surface area contributed by atoms with Crippen molar-refractivity contribution in [3.8, 4) is 11.5 Å². The molecule has 0 atom stereocenters. The van der Waals surface area contributed by atoms with Gasteiger partial charge in [0.15, 0.2) is 0 Å². The molecule has 0 saturated carbocycles. The van der Waals surface area contributed by atoms with Crippen molar-refractivity contribution in [3.05, 3.63) is 70.5 Å². The summed E-state index contributed by atoms with van der Waals surface area (Å²) in [5.41, 5.74) is 3.31. The molecule has 0 aliphatic carbocycles. The first kappa shape index (κ1) is 20.6. The van der Waals surface area contributed by atoms with Gasteiger partial charge in [-0.2, -0.15) is 8.78 Å². The SMILES string of the molecule is CN1CCC(n2c(=O)n(Cc3ccc(-c4nnc(C(F)F)o4)cc3)c3ccccc32)CC1. The van der Waals surface area contributed by atoms with E-state index in [0.717, 1.165) is 42.5 Å². The summed E-state index contributed by atoms with van der Waals surface area (Å²) < 4.78 is 34.1. The van der Waals surface area contributed by atoms with Crippen molar-refractivity contribution in [2.45, 2.75) is 31.9 Å². The lowest BCUT2D eigenvalue weighted by molar-refractivity contribution is 0.116. The van der Waals surface area contributed by atoms with Gasteiger partial charge in [0.25, 0.3) is 5.89 Å². The molecule has 0 N–H and O–H groups in total. The lowest BCUT2D eigenvalue weighted by Crippen LogP contribution is -2.36. The molecule has 0 bridgehead atoms. The van der Waals surface area contributed by atoms with E-state index in [2.05, 4.69) is 22.1 Å². The first-order chi connectivity index (χ1) is 15.5. The summed E-state index contributed by atoms with van der Waals surface area (Å²) in [4.78, 5) is 15.7. The molecule has 5 rings (SSSR count). The quantitative estimate of drug-likeness (QED) is 0.468. The van der Waals surface area contributed by atoms with Gasteiger partial charge in [-0.15, -0.1) is 10.2 Å². The molecule has 9 heteroatoms. The van der Waals surface area contributed by atoms with Crippen LogP contribution in [-0.4, -0.2) is 44.4 Å². The third-order valence-electron chi connectivity index (χ3n) is 6.09. The number of likely N-dealkylation sites (tertiary alicyclic amines) is 1. The molecule has 2 aromatic heterocycles. The maximum Gasteiger partial charge on any atom is 0.329 e. The van der Waals surface area contributed by atoms with E-state index in [-0.39, 0.29) is 17.6 Å². The number of alkyl halides is 2. The monoisotopic (exact) mass is 439 g/mol. The standard InChI is InChI=1S/C23H23F2N5O2/c1-28-12-10-17(11-13-28)30-19-5-3-2-4-18(19)29(23(30)31)14-15-6-8-16(9-7-15)21-26-27-22(32-21)20(24)25/h2-9,17,20H,10-14H2,1H3. The topological polar surface area (TPSA) is 69.1 Å². The van der Waals surface area contributed by atoms with Crippen LogP contribution in [0.25, 0.3) is 22.5 Å². The smallest absolute Gasteiger partial charge is 0.329 e. The van der Waals surface area contributed by atoms with Crippen molar-refractivity contribution in [1.29, 1.82) is 0 Å². The maximum absolute atomic E-state index is 13.4. The van der Waals surface area contributed by atoms with Crippen molar-refractivity contribution >= 4 is 11.0 Å². The first-order valence-corrected chi connectivity index (χ1v) is 10.6. The van der Waals surface area contributed by atoms with Crippen molar-refractivity contribution < 1.29 is 13.2 Å². The van der Waals surface area contributed by atoms with E-state index >= 15 is 0 Å². The zero-order chi connectivity index (χ0) is 22.2. The molecule has 3 heterocycles. The number of aromatic nitrogens is 4. The number of imidazole rings is 1. The zero-order valence-corrected chi connectivity index (χ0v) is 17.6. The third kappa shape index (κ3) is 3.73. The molecule has 0 unspecified atom stereocenters. The molecule has 7 nitrogen and oxygen atoms in total. The Kier molecular flexibility index (Phi) is 5.34. The Morgan fingerprint density at radius 3 is 2.38 bits per heavy atom. The minimum Gasteiger partial charge on any atom is -0.415 e. The van der Waals surface area contributed by atoms with Crippen LogP contribution in [0, 0.1) is 0 Å². The van der Waals surface area contributed by atoms with Crippen LogP contribution in [0.15, 0.2) is 57.7 Å². The number of halogens is 2. The van der Waals surface area contributed by atoms with Gasteiger partial charge in [0.1, 0.15) is 0 Å². The molecule has 0 amide bonds.